The normalized spacial score (nSPS) is 14.8. The number of para-hydroxylation sites is 2. The molecule has 1 aliphatic rings. The Morgan fingerprint density at radius 3 is 2.57 bits per heavy atom. The van der Waals surface area contributed by atoms with Gasteiger partial charge in [-0.05, 0) is 31.0 Å². The minimum Gasteiger partial charge on any atom is -0.489 e. The molecule has 1 amide bonds. The average Bonchev–Trinajstić information content (AvgIpc) is 3.13. The molecule has 1 fully saturated rings. The summed E-state index contributed by atoms with van der Waals surface area (Å²) in [7, 11) is 0. The lowest BCUT2D eigenvalue weighted by Crippen LogP contribution is -2.41. The lowest BCUT2D eigenvalue weighted by atomic mass is 9.96. The summed E-state index contributed by atoms with van der Waals surface area (Å²) in [6.07, 6.45) is 3.49. The third-order valence-electron chi connectivity index (χ3n) is 5.63. The monoisotopic (exact) mass is 425 g/mol. The van der Waals surface area contributed by atoms with E-state index in [0.29, 0.717) is 13.2 Å². The largest absolute Gasteiger partial charge is 0.489 e. The van der Waals surface area contributed by atoms with Crippen LogP contribution >= 0.6 is 12.2 Å². The Labute approximate surface area is 180 Å². The van der Waals surface area contributed by atoms with Crippen LogP contribution in [0.1, 0.15) is 18.4 Å². The molecule has 1 saturated heterocycles. The molecule has 5 nitrogen and oxygen atoms in total. The zero-order chi connectivity index (χ0) is 21.1. The molecule has 156 valence electrons. The Balaban J connectivity index is 1.50. The van der Waals surface area contributed by atoms with Gasteiger partial charge in [-0.1, -0.05) is 42.5 Å². The molecule has 0 aliphatic carbocycles. The number of carbonyl (C=O) groups is 1. The Morgan fingerprint density at radius 2 is 1.83 bits per heavy atom. The van der Waals surface area contributed by atoms with Crippen LogP contribution in [0.5, 0.6) is 5.75 Å². The number of thiocarbonyl (C=S) groups is 1. The van der Waals surface area contributed by atoms with Crippen molar-refractivity contribution >= 4 is 34.0 Å². The summed E-state index contributed by atoms with van der Waals surface area (Å²) in [6, 6.07) is 14.5. The van der Waals surface area contributed by atoms with Crippen LogP contribution in [0.2, 0.25) is 0 Å². The van der Waals surface area contributed by atoms with Crippen LogP contribution in [0, 0.1) is 11.7 Å². The zero-order valence-corrected chi connectivity index (χ0v) is 17.4. The molecule has 3 aromatic rings. The lowest BCUT2D eigenvalue weighted by Gasteiger charge is -2.32. The molecular weight excluding hydrogens is 401 g/mol. The number of benzene rings is 2. The van der Waals surface area contributed by atoms with Crippen LogP contribution in [-0.2, 0) is 11.3 Å². The van der Waals surface area contributed by atoms with E-state index in [-0.39, 0.29) is 23.4 Å². The predicted octanol–water partition coefficient (Wildman–Crippen LogP) is 3.73. The zero-order valence-electron chi connectivity index (χ0n) is 16.6. The summed E-state index contributed by atoms with van der Waals surface area (Å²) < 4.78 is 21.5. The van der Waals surface area contributed by atoms with Gasteiger partial charge in [-0.2, -0.15) is 0 Å². The smallest absolute Gasteiger partial charge is 0.220 e. The molecule has 1 aliphatic heterocycles. The standard InChI is InChI=1S/C23H24FN3O2S/c24-19-6-2-4-8-21(19)29-14-13-27-15-18(17-5-1-3-7-20(17)27)23(30)26-11-9-16(10-12-26)22(25)28/h1-8,15-16H,9-14H2,(H2,25,28). The van der Waals surface area contributed by atoms with Crippen molar-refractivity contribution in [2.75, 3.05) is 19.7 Å². The van der Waals surface area contributed by atoms with E-state index >= 15 is 0 Å². The Bertz CT molecular complexity index is 1070. The molecule has 0 atom stereocenters. The number of carbonyl (C=O) groups excluding carboxylic acids is 1. The van der Waals surface area contributed by atoms with Gasteiger partial charge in [0.05, 0.1) is 6.54 Å². The van der Waals surface area contributed by atoms with Crippen molar-refractivity contribution in [2.24, 2.45) is 11.7 Å². The van der Waals surface area contributed by atoms with Gasteiger partial charge in [-0.15, -0.1) is 0 Å². The number of hydrogen-bond donors (Lipinski definition) is 1. The molecule has 4 rings (SSSR count). The first-order chi connectivity index (χ1) is 14.5. The fourth-order valence-corrected chi connectivity index (χ4v) is 4.30. The molecule has 30 heavy (non-hydrogen) atoms. The molecule has 0 unspecified atom stereocenters. The summed E-state index contributed by atoms with van der Waals surface area (Å²) in [5.74, 6) is -0.411. The number of rotatable bonds is 6. The first-order valence-corrected chi connectivity index (χ1v) is 10.5. The molecule has 2 N–H and O–H groups in total. The highest BCUT2D eigenvalue weighted by Crippen LogP contribution is 2.26. The third kappa shape index (κ3) is 4.16. The summed E-state index contributed by atoms with van der Waals surface area (Å²) >= 11 is 5.81. The molecule has 0 radical (unpaired) electrons. The Morgan fingerprint density at radius 1 is 1.13 bits per heavy atom. The van der Waals surface area contributed by atoms with Gasteiger partial charge in [0, 0.05) is 41.7 Å². The van der Waals surface area contributed by atoms with Gasteiger partial charge in [-0.25, -0.2) is 4.39 Å². The van der Waals surface area contributed by atoms with Crippen LogP contribution in [0.3, 0.4) is 0 Å². The van der Waals surface area contributed by atoms with E-state index in [1.54, 1.807) is 18.2 Å². The van der Waals surface area contributed by atoms with E-state index in [0.717, 1.165) is 47.4 Å². The summed E-state index contributed by atoms with van der Waals surface area (Å²) in [4.78, 5) is 14.4. The summed E-state index contributed by atoms with van der Waals surface area (Å²) in [6.45, 7) is 2.36. The summed E-state index contributed by atoms with van der Waals surface area (Å²) in [5.41, 5.74) is 7.49. The second-order valence-corrected chi connectivity index (χ2v) is 7.89. The number of likely N-dealkylation sites (tertiary alicyclic amines) is 1. The van der Waals surface area contributed by atoms with E-state index in [4.69, 9.17) is 22.7 Å². The number of primary amides is 1. The average molecular weight is 426 g/mol. The molecule has 2 aromatic carbocycles. The van der Waals surface area contributed by atoms with Crippen molar-refractivity contribution < 1.29 is 13.9 Å². The molecule has 0 saturated carbocycles. The van der Waals surface area contributed by atoms with Crippen molar-refractivity contribution in [1.29, 1.82) is 0 Å². The Kier molecular flexibility index (Phi) is 5.99. The molecular formula is C23H24FN3O2S. The quantitative estimate of drug-likeness (QED) is 0.612. The first-order valence-electron chi connectivity index (χ1n) is 10.1. The van der Waals surface area contributed by atoms with Gasteiger partial charge in [0.25, 0.3) is 0 Å². The van der Waals surface area contributed by atoms with Gasteiger partial charge >= 0.3 is 0 Å². The van der Waals surface area contributed by atoms with Gasteiger partial charge < -0.3 is 19.9 Å². The van der Waals surface area contributed by atoms with E-state index in [1.165, 1.54) is 6.07 Å². The van der Waals surface area contributed by atoms with E-state index in [1.807, 2.05) is 24.4 Å². The van der Waals surface area contributed by atoms with Gasteiger partial charge in [0.1, 0.15) is 11.6 Å². The van der Waals surface area contributed by atoms with Gasteiger partial charge in [0.2, 0.25) is 5.91 Å². The molecule has 7 heteroatoms. The fraction of sp³-hybridized carbons (Fsp3) is 0.304. The highest BCUT2D eigenvalue weighted by atomic mass is 32.1. The number of fused-ring (bicyclic) bond motifs is 1. The topological polar surface area (TPSA) is 60.5 Å². The highest BCUT2D eigenvalue weighted by Gasteiger charge is 2.26. The Hall–Kier alpha value is -2.93. The number of nitrogens with zero attached hydrogens (tertiary/aromatic N) is 2. The second-order valence-electron chi connectivity index (χ2n) is 7.50. The maximum absolute atomic E-state index is 13.8. The predicted molar refractivity (Wildman–Crippen MR) is 119 cm³/mol. The number of nitrogens with two attached hydrogens (primary N) is 1. The lowest BCUT2D eigenvalue weighted by molar-refractivity contribution is -0.122. The number of ether oxygens (including phenoxy) is 1. The van der Waals surface area contributed by atoms with Crippen molar-refractivity contribution in [1.82, 2.24) is 9.47 Å². The first kappa shape index (κ1) is 20.3. The minimum atomic E-state index is -0.365. The maximum Gasteiger partial charge on any atom is 0.220 e. The molecule has 0 bridgehead atoms. The minimum absolute atomic E-state index is 0.0686. The van der Waals surface area contributed by atoms with Gasteiger partial charge in [-0.3, -0.25) is 4.79 Å². The molecule has 1 aromatic heterocycles. The second kappa shape index (κ2) is 8.83. The van der Waals surface area contributed by atoms with E-state index in [9.17, 15) is 9.18 Å². The third-order valence-corrected chi connectivity index (χ3v) is 6.11. The van der Waals surface area contributed by atoms with Crippen molar-refractivity contribution in [3.63, 3.8) is 0 Å². The maximum atomic E-state index is 13.8. The van der Waals surface area contributed by atoms with E-state index < -0.39 is 0 Å². The van der Waals surface area contributed by atoms with Gasteiger partial charge in [0.15, 0.2) is 11.6 Å². The van der Waals surface area contributed by atoms with E-state index in [2.05, 4.69) is 15.5 Å². The number of amides is 1. The van der Waals surface area contributed by atoms with Crippen molar-refractivity contribution in [3.05, 3.63) is 66.1 Å². The molecule has 2 heterocycles. The number of hydrogen-bond acceptors (Lipinski definition) is 3. The SMILES string of the molecule is NC(=O)C1CCN(C(=S)c2cn(CCOc3ccccc3F)c3ccccc23)CC1. The summed E-state index contributed by atoms with van der Waals surface area (Å²) in [5, 5.41) is 1.07. The van der Waals surface area contributed by atoms with Crippen LogP contribution in [0.25, 0.3) is 10.9 Å². The fourth-order valence-electron chi connectivity index (χ4n) is 3.96. The van der Waals surface area contributed by atoms with Crippen LogP contribution in [0.15, 0.2) is 54.7 Å². The number of halogens is 1. The number of piperidine rings is 1. The van der Waals surface area contributed by atoms with Crippen LogP contribution in [-0.4, -0.2) is 40.1 Å². The van der Waals surface area contributed by atoms with Crippen molar-refractivity contribution in [2.45, 2.75) is 19.4 Å². The van der Waals surface area contributed by atoms with Crippen LogP contribution in [0.4, 0.5) is 4.39 Å². The number of aromatic nitrogens is 1. The van der Waals surface area contributed by atoms with Crippen LogP contribution < -0.4 is 10.5 Å². The molecule has 0 spiro atoms. The van der Waals surface area contributed by atoms with Crippen molar-refractivity contribution in [3.8, 4) is 5.75 Å². The highest BCUT2D eigenvalue weighted by molar-refractivity contribution is 7.80.